The summed E-state index contributed by atoms with van der Waals surface area (Å²) in [5, 5.41) is 12.0. The maximum atomic E-state index is 8.83. The summed E-state index contributed by atoms with van der Waals surface area (Å²) in [4.78, 5) is 0. The van der Waals surface area contributed by atoms with Gasteiger partial charge in [0.1, 0.15) is 18.1 Å². The molecule has 0 unspecified atom stereocenters. The molecule has 4 heteroatoms. The summed E-state index contributed by atoms with van der Waals surface area (Å²) < 4.78 is 11.7. The van der Waals surface area contributed by atoms with Crippen LogP contribution in [0.2, 0.25) is 0 Å². The van der Waals surface area contributed by atoms with E-state index in [0.717, 1.165) is 35.6 Å². The average Bonchev–Trinajstić information content (AvgIpc) is 2.74. The van der Waals surface area contributed by atoms with Crippen LogP contribution in [0.25, 0.3) is 0 Å². The van der Waals surface area contributed by atoms with Crippen LogP contribution in [-0.4, -0.2) is 24.9 Å². The SMILES string of the molecule is OCCNCc1cccc(OCCc2ccc(OCc3ccccc3)cc2)c1. The standard InChI is InChI=1S/C24H27NO3/c26-15-14-25-18-22-7-4-8-24(17-22)27-16-13-20-9-11-23(12-10-20)28-19-21-5-2-1-3-6-21/h1-12,17,25-26H,13-16,18-19H2. The number of rotatable bonds is 11. The molecule has 3 rings (SSSR count). The molecule has 3 aromatic carbocycles. The van der Waals surface area contributed by atoms with E-state index in [0.29, 0.717) is 19.8 Å². The van der Waals surface area contributed by atoms with Gasteiger partial charge in [0, 0.05) is 19.5 Å². The molecule has 2 N–H and O–H groups in total. The fourth-order valence-corrected chi connectivity index (χ4v) is 2.84. The first-order valence-electron chi connectivity index (χ1n) is 9.62. The predicted octanol–water partition coefficient (Wildman–Crippen LogP) is 3.97. The van der Waals surface area contributed by atoms with Crippen molar-refractivity contribution >= 4 is 0 Å². The number of ether oxygens (including phenoxy) is 2. The van der Waals surface area contributed by atoms with Crippen molar-refractivity contribution in [2.45, 2.75) is 19.6 Å². The van der Waals surface area contributed by atoms with E-state index in [-0.39, 0.29) is 6.61 Å². The average molecular weight is 377 g/mol. The summed E-state index contributed by atoms with van der Waals surface area (Å²) in [7, 11) is 0. The van der Waals surface area contributed by atoms with E-state index in [9.17, 15) is 0 Å². The summed E-state index contributed by atoms with van der Waals surface area (Å²) in [6.07, 6.45) is 0.839. The van der Waals surface area contributed by atoms with Gasteiger partial charge < -0.3 is 19.9 Å². The van der Waals surface area contributed by atoms with Crippen LogP contribution in [0.15, 0.2) is 78.9 Å². The van der Waals surface area contributed by atoms with Crippen molar-refractivity contribution in [1.29, 1.82) is 0 Å². The Labute approximate surface area is 166 Å². The minimum absolute atomic E-state index is 0.145. The first-order valence-corrected chi connectivity index (χ1v) is 9.62. The van der Waals surface area contributed by atoms with E-state index < -0.39 is 0 Å². The van der Waals surface area contributed by atoms with E-state index in [2.05, 4.69) is 29.6 Å². The molecule has 28 heavy (non-hydrogen) atoms. The molecule has 0 radical (unpaired) electrons. The molecule has 146 valence electrons. The van der Waals surface area contributed by atoms with E-state index in [1.807, 2.05) is 54.6 Å². The fourth-order valence-electron chi connectivity index (χ4n) is 2.84. The zero-order valence-electron chi connectivity index (χ0n) is 16.0. The lowest BCUT2D eigenvalue weighted by Crippen LogP contribution is -2.17. The van der Waals surface area contributed by atoms with Crippen LogP contribution in [0.5, 0.6) is 11.5 Å². The quantitative estimate of drug-likeness (QED) is 0.497. The Morgan fingerprint density at radius 2 is 1.50 bits per heavy atom. The van der Waals surface area contributed by atoms with Crippen molar-refractivity contribution in [1.82, 2.24) is 5.32 Å². The minimum atomic E-state index is 0.145. The molecule has 0 aliphatic carbocycles. The summed E-state index contributed by atoms with van der Waals surface area (Å²) >= 11 is 0. The molecule has 0 aromatic heterocycles. The largest absolute Gasteiger partial charge is 0.493 e. The predicted molar refractivity (Wildman–Crippen MR) is 112 cm³/mol. The van der Waals surface area contributed by atoms with Gasteiger partial charge in [-0.3, -0.25) is 0 Å². The summed E-state index contributed by atoms with van der Waals surface area (Å²) in [6, 6.07) is 26.4. The van der Waals surface area contributed by atoms with Crippen LogP contribution in [0.3, 0.4) is 0 Å². The molecule has 0 atom stereocenters. The fraction of sp³-hybridized carbons (Fsp3) is 0.250. The van der Waals surface area contributed by atoms with Gasteiger partial charge in [-0.1, -0.05) is 54.6 Å². The van der Waals surface area contributed by atoms with Gasteiger partial charge in [-0.05, 0) is 41.0 Å². The number of nitrogens with one attached hydrogen (secondary N) is 1. The summed E-state index contributed by atoms with van der Waals surface area (Å²) in [6.45, 7) is 2.66. The highest BCUT2D eigenvalue weighted by Crippen LogP contribution is 2.16. The molecule has 0 aliphatic rings. The van der Waals surface area contributed by atoms with Crippen molar-refractivity contribution in [2.24, 2.45) is 0 Å². The van der Waals surface area contributed by atoms with Gasteiger partial charge in [-0.15, -0.1) is 0 Å². The Bertz CT molecular complexity index is 819. The van der Waals surface area contributed by atoms with Crippen LogP contribution in [0.1, 0.15) is 16.7 Å². The Morgan fingerprint density at radius 3 is 2.29 bits per heavy atom. The van der Waals surface area contributed by atoms with Crippen molar-refractivity contribution in [3.05, 3.63) is 95.6 Å². The molecule has 0 saturated heterocycles. The van der Waals surface area contributed by atoms with Crippen molar-refractivity contribution in [3.63, 3.8) is 0 Å². The maximum Gasteiger partial charge on any atom is 0.119 e. The normalized spacial score (nSPS) is 10.6. The van der Waals surface area contributed by atoms with Crippen molar-refractivity contribution < 1.29 is 14.6 Å². The first kappa shape index (κ1) is 19.9. The minimum Gasteiger partial charge on any atom is -0.493 e. The van der Waals surface area contributed by atoms with E-state index >= 15 is 0 Å². The van der Waals surface area contributed by atoms with Gasteiger partial charge in [-0.25, -0.2) is 0 Å². The van der Waals surface area contributed by atoms with E-state index in [1.54, 1.807) is 0 Å². The van der Waals surface area contributed by atoms with Crippen LogP contribution < -0.4 is 14.8 Å². The number of hydrogen-bond donors (Lipinski definition) is 2. The molecule has 3 aromatic rings. The molecule has 0 spiro atoms. The topological polar surface area (TPSA) is 50.7 Å². The zero-order chi connectivity index (χ0) is 19.4. The third kappa shape index (κ3) is 6.72. The van der Waals surface area contributed by atoms with Crippen molar-refractivity contribution in [3.8, 4) is 11.5 Å². The molecular formula is C24H27NO3. The maximum absolute atomic E-state index is 8.83. The number of aliphatic hydroxyl groups excluding tert-OH is 1. The molecule has 0 aliphatic heterocycles. The van der Waals surface area contributed by atoms with Gasteiger partial charge >= 0.3 is 0 Å². The second-order valence-electron chi connectivity index (χ2n) is 6.56. The second kappa shape index (κ2) is 11.1. The van der Waals surface area contributed by atoms with Crippen LogP contribution in [0, 0.1) is 0 Å². The number of benzene rings is 3. The molecule has 0 bridgehead atoms. The molecule has 4 nitrogen and oxygen atoms in total. The van der Waals surface area contributed by atoms with Gasteiger partial charge in [0.2, 0.25) is 0 Å². The Hall–Kier alpha value is -2.82. The Balaban J connectivity index is 1.42. The molecule has 0 saturated carbocycles. The lowest BCUT2D eigenvalue weighted by Gasteiger charge is -2.10. The summed E-state index contributed by atoms with van der Waals surface area (Å²) in [5.74, 6) is 1.74. The highest BCUT2D eigenvalue weighted by Gasteiger charge is 2.00. The van der Waals surface area contributed by atoms with Gasteiger partial charge in [-0.2, -0.15) is 0 Å². The van der Waals surface area contributed by atoms with E-state index in [1.165, 1.54) is 5.56 Å². The van der Waals surface area contributed by atoms with Gasteiger partial charge in [0.25, 0.3) is 0 Å². The van der Waals surface area contributed by atoms with E-state index in [4.69, 9.17) is 14.6 Å². The molecule has 0 amide bonds. The van der Waals surface area contributed by atoms with Crippen LogP contribution in [0.4, 0.5) is 0 Å². The highest BCUT2D eigenvalue weighted by atomic mass is 16.5. The monoisotopic (exact) mass is 377 g/mol. The lowest BCUT2D eigenvalue weighted by molar-refractivity contribution is 0.292. The molecule has 0 fully saturated rings. The van der Waals surface area contributed by atoms with Gasteiger partial charge in [0.15, 0.2) is 0 Å². The zero-order valence-corrected chi connectivity index (χ0v) is 16.0. The summed E-state index contributed by atoms with van der Waals surface area (Å²) in [5.41, 5.74) is 3.52. The molecular weight excluding hydrogens is 350 g/mol. The van der Waals surface area contributed by atoms with Gasteiger partial charge in [0.05, 0.1) is 13.2 Å². The Morgan fingerprint density at radius 1 is 0.714 bits per heavy atom. The van der Waals surface area contributed by atoms with Crippen molar-refractivity contribution in [2.75, 3.05) is 19.8 Å². The first-order chi connectivity index (χ1) is 13.8. The smallest absolute Gasteiger partial charge is 0.119 e. The van der Waals surface area contributed by atoms with Crippen LogP contribution in [-0.2, 0) is 19.6 Å². The molecule has 0 heterocycles. The third-order valence-corrected chi connectivity index (χ3v) is 4.35. The third-order valence-electron chi connectivity index (χ3n) is 4.35. The van der Waals surface area contributed by atoms with Crippen LogP contribution >= 0.6 is 0 Å². The lowest BCUT2D eigenvalue weighted by atomic mass is 10.1. The number of aliphatic hydroxyl groups is 1. The second-order valence-corrected chi connectivity index (χ2v) is 6.56. The number of hydrogen-bond acceptors (Lipinski definition) is 4. The Kier molecular flexibility index (Phi) is 7.91. The highest BCUT2D eigenvalue weighted by molar-refractivity contribution is 5.30.